The SMILES string of the molecule is c1ccc(-c2c(P(c3ccccc3)c3ccccc3)sc3ccc4ccccc4c23)cc1. The molecule has 0 radical (unpaired) electrons. The zero-order valence-electron chi connectivity index (χ0n) is 17.5. The average molecular weight is 445 g/mol. The van der Waals surface area contributed by atoms with E-state index in [4.69, 9.17) is 0 Å². The Kier molecular flexibility index (Phi) is 5.07. The maximum Gasteiger partial charge on any atom is 0.0459 e. The topological polar surface area (TPSA) is 0 Å². The normalized spacial score (nSPS) is 11.4. The highest BCUT2D eigenvalue weighted by Gasteiger charge is 2.25. The molecule has 0 aliphatic rings. The minimum Gasteiger partial charge on any atom is -0.134 e. The van der Waals surface area contributed by atoms with Gasteiger partial charge in [0.05, 0.1) is 0 Å². The van der Waals surface area contributed by atoms with Crippen LogP contribution in [0.25, 0.3) is 32.0 Å². The molecule has 0 amide bonds. The first-order valence-electron chi connectivity index (χ1n) is 10.8. The summed E-state index contributed by atoms with van der Waals surface area (Å²) in [6.45, 7) is 0. The summed E-state index contributed by atoms with van der Waals surface area (Å²) in [4.78, 5) is 0. The molecule has 2 heteroatoms. The van der Waals surface area contributed by atoms with Crippen molar-refractivity contribution in [3.8, 4) is 11.1 Å². The predicted octanol–water partition coefficient (Wildman–Crippen LogP) is 7.48. The summed E-state index contributed by atoms with van der Waals surface area (Å²) in [6, 6.07) is 46.3. The lowest BCUT2D eigenvalue weighted by Crippen LogP contribution is -2.19. The Morgan fingerprint density at radius 1 is 0.500 bits per heavy atom. The van der Waals surface area contributed by atoms with Crippen LogP contribution in [0.2, 0.25) is 0 Å². The highest BCUT2D eigenvalue weighted by molar-refractivity contribution is 7.84. The molecule has 5 aromatic carbocycles. The van der Waals surface area contributed by atoms with E-state index < -0.39 is 7.92 Å². The van der Waals surface area contributed by atoms with Gasteiger partial charge in [0, 0.05) is 20.3 Å². The fourth-order valence-corrected chi connectivity index (χ4v) is 8.87. The summed E-state index contributed by atoms with van der Waals surface area (Å²) >= 11 is 1.96. The van der Waals surface area contributed by atoms with Gasteiger partial charge in [-0.3, -0.25) is 0 Å². The molecular formula is C30H21PS. The molecule has 1 heterocycles. The fraction of sp³-hybridized carbons (Fsp3) is 0. The third kappa shape index (κ3) is 3.35. The third-order valence-electron chi connectivity index (χ3n) is 5.86. The van der Waals surface area contributed by atoms with Gasteiger partial charge in [-0.2, -0.15) is 0 Å². The van der Waals surface area contributed by atoms with E-state index in [0.29, 0.717) is 0 Å². The molecule has 0 bridgehead atoms. The average Bonchev–Trinajstić information content (AvgIpc) is 3.26. The first-order chi connectivity index (χ1) is 15.9. The largest absolute Gasteiger partial charge is 0.134 e. The van der Waals surface area contributed by atoms with Crippen LogP contribution in [-0.4, -0.2) is 0 Å². The number of rotatable bonds is 4. The van der Waals surface area contributed by atoms with Gasteiger partial charge < -0.3 is 0 Å². The summed E-state index contributed by atoms with van der Waals surface area (Å²) in [6.07, 6.45) is 0. The molecule has 1 aromatic heterocycles. The predicted molar refractivity (Wildman–Crippen MR) is 143 cm³/mol. The first kappa shape index (κ1) is 19.4. The van der Waals surface area contributed by atoms with Crippen LogP contribution in [0.15, 0.2) is 127 Å². The molecule has 6 aromatic rings. The smallest absolute Gasteiger partial charge is 0.0459 e. The van der Waals surface area contributed by atoms with E-state index in [0.717, 1.165) is 0 Å². The lowest BCUT2D eigenvalue weighted by molar-refractivity contribution is 1.70. The molecule has 0 unspecified atom stereocenters. The Morgan fingerprint density at radius 2 is 1.06 bits per heavy atom. The molecule has 0 atom stereocenters. The van der Waals surface area contributed by atoms with Crippen LogP contribution in [0.4, 0.5) is 0 Å². The molecule has 0 saturated heterocycles. The molecule has 0 N–H and O–H groups in total. The summed E-state index contributed by atoms with van der Waals surface area (Å²) < 4.78 is 2.83. The second kappa shape index (κ2) is 8.36. The van der Waals surface area contributed by atoms with E-state index in [2.05, 4.69) is 127 Å². The van der Waals surface area contributed by atoms with Crippen LogP contribution in [0, 0.1) is 0 Å². The van der Waals surface area contributed by atoms with E-state index in [-0.39, 0.29) is 0 Å². The second-order valence-electron chi connectivity index (χ2n) is 7.81. The van der Waals surface area contributed by atoms with Crippen molar-refractivity contribution in [2.75, 3.05) is 0 Å². The lowest BCUT2D eigenvalue weighted by Gasteiger charge is -2.19. The van der Waals surface area contributed by atoms with Gasteiger partial charge in [-0.1, -0.05) is 121 Å². The minimum atomic E-state index is -0.674. The van der Waals surface area contributed by atoms with Gasteiger partial charge in [0.2, 0.25) is 0 Å². The van der Waals surface area contributed by atoms with E-state index in [1.807, 2.05) is 11.3 Å². The summed E-state index contributed by atoms with van der Waals surface area (Å²) in [5.41, 5.74) is 2.69. The van der Waals surface area contributed by atoms with E-state index in [1.54, 1.807) is 0 Å². The Balaban J connectivity index is 1.74. The van der Waals surface area contributed by atoms with Gasteiger partial charge >= 0.3 is 0 Å². The summed E-state index contributed by atoms with van der Waals surface area (Å²) in [7, 11) is -0.674. The summed E-state index contributed by atoms with van der Waals surface area (Å²) in [5, 5.41) is 6.80. The quantitative estimate of drug-likeness (QED) is 0.247. The Hall–Kier alpha value is -3.25. The first-order valence-corrected chi connectivity index (χ1v) is 13.0. The van der Waals surface area contributed by atoms with Gasteiger partial charge in [0.25, 0.3) is 0 Å². The minimum absolute atomic E-state index is 0.674. The van der Waals surface area contributed by atoms with Crippen LogP contribution < -0.4 is 15.2 Å². The molecule has 0 fully saturated rings. The second-order valence-corrected chi connectivity index (χ2v) is 11.3. The lowest BCUT2D eigenvalue weighted by atomic mass is 9.99. The zero-order chi connectivity index (χ0) is 21.3. The fourth-order valence-electron chi connectivity index (χ4n) is 4.42. The number of thiophene rings is 1. The van der Waals surface area contributed by atoms with E-state index in [9.17, 15) is 0 Å². The van der Waals surface area contributed by atoms with Crippen LogP contribution in [0.5, 0.6) is 0 Å². The zero-order valence-corrected chi connectivity index (χ0v) is 19.2. The Bertz CT molecular complexity index is 1460. The van der Waals surface area contributed by atoms with E-state index in [1.165, 1.54) is 47.2 Å². The van der Waals surface area contributed by atoms with Crippen molar-refractivity contribution in [2.45, 2.75) is 0 Å². The van der Waals surface area contributed by atoms with Crippen molar-refractivity contribution in [1.82, 2.24) is 0 Å². The van der Waals surface area contributed by atoms with Crippen molar-refractivity contribution >= 4 is 55.3 Å². The highest BCUT2D eigenvalue weighted by atomic mass is 32.1. The van der Waals surface area contributed by atoms with Crippen LogP contribution >= 0.6 is 19.3 Å². The van der Waals surface area contributed by atoms with Gasteiger partial charge in [-0.15, -0.1) is 11.3 Å². The van der Waals surface area contributed by atoms with Crippen LogP contribution in [0.3, 0.4) is 0 Å². The molecule has 32 heavy (non-hydrogen) atoms. The maximum absolute atomic E-state index is 2.31. The molecule has 0 aliphatic carbocycles. The van der Waals surface area contributed by atoms with Gasteiger partial charge in [-0.05, 0) is 40.9 Å². The van der Waals surface area contributed by atoms with Crippen molar-refractivity contribution < 1.29 is 0 Å². The van der Waals surface area contributed by atoms with Crippen LogP contribution in [-0.2, 0) is 0 Å². The van der Waals surface area contributed by atoms with E-state index >= 15 is 0 Å². The Labute approximate surface area is 193 Å². The Morgan fingerprint density at radius 3 is 1.72 bits per heavy atom. The standard InChI is InChI=1S/C30H21PS/c1-4-13-23(14-5-1)28-29-26-19-11-10-12-22(26)20-21-27(29)32-30(28)31(24-15-6-2-7-16-24)25-17-8-3-9-18-25/h1-21H. The van der Waals surface area contributed by atoms with Crippen molar-refractivity contribution in [2.24, 2.45) is 0 Å². The highest BCUT2D eigenvalue weighted by Crippen LogP contribution is 2.46. The number of hydrogen-bond donors (Lipinski definition) is 0. The van der Waals surface area contributed by atoms with Crippen molar-refractivity contribution in [1.29, 1.82) is 0 Å². The number of benzene rings is 5. The molecular weight excluding hydrogens is 423 g/mol. The monoisotopic (exact) mass is 444 g/mol. The van der Waals surface area contributed by atoms with Gasteiger partial charge in [0.1, 0.15) is 0 Å². The van der Waals surface area contributed by atoms with Gasteiger partial charge in [-0.25, -0.2) is 0 Å². The third-order valence-corrected chi connectivity index (χ3v) is 9.89. The number of fused-ring (bicyclic) bond motifs is 3. The molecule has 0 saturated carbocycles. The molecule has 0 aliphatic heterocycles. The maximum atomic E-state index is 2.31. The molecule has 0 spiro atoms. The van der Waals surface area contributed by atoms with Gasteiger partial charge in [0.15, 0.2) is 0 Å². The van der Waals surface area contributed by atoms with Crippen LogP contribution in [0.1, 0.15) is 0 Å². The summed E-state index contributed by atoms with van der Waals surface area (Å²) in [5.74, 6) is 0. The molecule has 0 nitrogen and oxygen atoms in total. The molecule has 152 valence electrons. The van der Waals surface area contributed by atoms with Crippen molar-refractivity contribution in [3.63, 3.8) is 0 Å². The van der Waals surface area contributed by atoms with Crippen molar-refractivity contribution in [3.05, 3.63) is 127 Å². The number of hydrogen-bond acceptors (Lipinski definition) is 1. The molecule has 6 rings (SSSR count).